The van der Waals surface area contributed by atoms with Gasteiger partial charge in [0, 0.05) is 28.4 Å². The molecule has 0 radical (unpaired) electrons. The number of carbonyl (C=O) groups is 2. The highest BCUT2D eigenvalue weighted by molar-refractivity contribution is 6.09. The molecule has 1 aliphatic heterocycles. The van der Waals surface area contributed by atoms with Crippen molar-refractivity contribution in [1.29, 1.82) is 0 Å². The van der Waals surface area contributed by atoms with Crippen LogP contribution in [0.3, 0.4) is 0 Å². The Morgan fingerprint density at radius 3 is 2.33 bits per heavy atom. The number of benzene rings is 2. The molecule has 0 saturated carbocycles. The van der Waals surface area contributed by atoms with E-state index in [4.69, 9.17) is 4.74 Å². The molecule has 27 heavy (non-hydrogen) atoms. The molecular formula is C22H23NO4. The number of esters is 1. The molecule has 5 heteroatoms. The zero-order valence-electron chi connectivity index (χ0n) is 16.0. The van der Waals surface area contributed by atoms with Crippen LogP contribution in [0.1, 0.15) is 45.7 Å². The van der Waals surface area contributed by atoms with Gasteiger partial charge >= 0.3 is 5.97 Å². The smallest absolute Gasteiger partial charge is 0.337 e. The second-order valence-corrected chi connectivity index (χ2v) is 7.20. The van der Waals surface area contributed by atoms with Crippen molar-refractivity contribution >= 4 is 17.4 Å². The monoisotopic (exact) mass is 365 g/mol. The van der Waals surface area contributed by atoms with Gasteiger partial charge in [0.1, 0.15) is 5.75 Å². The first kappa shape index (κ1) is 18.7. The van der Waals surface area contributed by atoms with Gasteiger partial charge in [0.15, 0.2) is 5.78 Å². The summed E-state index contributed by atoms with van der Waals surface area (Å²) in [6.07, 6.45) is 2.46. The van der Waals surface area contributed by atoms with Crippen LogP contribution in [-0.2, 0) is 11.2 Å². The third-order valence-electron chi connectivity index (χ3n) is 4.58. The van der Waals surface area contributed by atoms with Crippen molar-refractivity contribution in [2.24, 2.45) is 0 Å². The van der Waals surface area contributed by atoms with Crippen LogP contribution in [0.2, 0.25) is 0 Å². The maximum atomic E-state index is 12.8. The fourth-order valence-corrected chi connectivity index (χ4v) is 3.26. The van der Waals surface area contributed by atoms with E-state index in [0.29, 0.717) is 11.1 Å². The maximum Gasteiger partial charge on any atom is 0.337 e. The van der Waals surface area contributed by atoms with Crippen LogP contribution < -0.4 is 10.1 Å². The van der Waals surface area contributed by atoms with Gasteiger partial charge in [-0.05, 0) is 50.1 Å². The van der Waals surface area contributed by atoms with E-state index < -0.39 is 5.97 Å². The number of hydrogen-bond acceptors (Lipinski definition) is 5. The molecule has 0 aromatic heterocycles. The van der Waals surface area contributed by atoms with E-state index >= 15 is 0 Å². The Hall–Kier alpha value is -3.08. The molecule has 2 aromatic carbocycles. The third-order valence-corrected chi connectivity index (χ3v) is 4.58. The quantitative estimate of drug-likeness (QED) is 0.509. The molecule has 140 valence electrons. The lowest BCUT2D eigenvalue weighted by molar-refractivity contribution is 0.0600. The minimum absolute atomic E-state index is 0.139. The molecule has 0 saturated heterocycles. The Morgan fingerprint density at radius 1 is 1.04 bits per heavy atom. The van der Waals surface area contributed by atoms with E-state index in [-0.39, 0.29) is 11.3 Å². The number of methoxy groups -OCH3 is 2. The molecule has 0 fully saturated rings. The predicted molar refractivity (Wildman–Crippen MR) is 104 cm³/mol. The second kappa shape index (κ2) is 7.27. The number of hydrogen-bond donors (Lipinski definition) is 1. The molecule has 5 nitrogen and oxygen atoms in total. The minimum Gasteiger partial charge on any atom is -0.497 e. The van der Waals surface area contributed by atoms with Crippen LogP contribution >= 0.6 is 0 Å². The number of nitrogens with one attached hydrogen (secondary N) is 1. The van der Waals surface area contributed by atoms with Gasteiger partial charge in [-0.15, -0.1) is 0 Å². The Bertz CT molecular complexity index is 910. The maximum absolute atomic E-state index is 12.8. The number of carbonyl (C=O) groups excluding carboxylic acids is 2. The van der Waals surface area contributed by atoms with Gasteiger partial charge in [-0.2, -0.15) is 0 Å². The molecule has 0 amide bonds. The highest BCUT2D eigenvalue weighted by atomic mass is 16.5. The minimum atomic E-state index is -0.427. The van der Waals surface area contributed by atoms with Gasteiger partial charge in [-0.3, -0.25) is 4.79 Å². The van der Waals surface area contributed by atoms with Gasteiger partial charge < -0.3 is 14.8 Å². The summed E-state index contributed by atoms with van der Waals surface area (Å²) in [5.74, 6) is 0.181. The zero-order valence-corrected chi connectivity index (χ0v) is 16.0. The standard InChI is InChI=1S/C22H23NO4/c1-22(2)13-16-9-10-17(26-3)11-18(16)19(23-22)12-20(24)14-5-7-15(8-6-14)21(25)27-4/h5-12,23H,13H2,1-4H3/b19-12-. The zero-order chi connectivity index (χ0) is 19.6. The van der Waals surface area contributed by atoms with Crippen molar-refractivity contribution in [3.63, 3.8) is 0 Å². The Labute approximate surface area is 159 Å². The average molecular weight is 365 g/mol. The van der Waals surface area contributed by atoms with Crippen molar-refractivity contribution in [1.82, 2.24) is 5.32 Å². The summed E-state index contributed by atoms with van der Waals surface area (Å²) in [5, 5.41) is 3.45. The molecule has 0 atom stereocenters. The van der Waals surface area contributed by atoms with Crippen molar-refractivity contribution in [3.05, 3.63) is 70.8 Å². The molecule has 1 aliphatic rings. The fraction of sp³-hybridized carbons (Fsp3) is 0.273. The normalized spacial score (nSPS) is 16.2. The average Bonchev–Trinajstić information content (AvgIpc) is 2.66. The Balaban J connectivity index is 1.96. The van der Waals surface area contributed by atoms with Crippen molar-refractivity contribution < 1.29 is 19.1 Å². The van der Waals surface area contributed by atoms with E-state index in [1.165, 1.54) is 12.7 Å². The number of fused-ring (bicyclic) bond motifs is 1. The van der Waals surface area contributed by atoms with Gasteiger partial charge in [0.2, 0.25) is 0 Å². The number of allylic oxidation sites excluding steroid dienone is 1. The molecule has 1 heterocycles. The van der Waals surface area contributed by atoms with Crippen molar-refractivity contribution in [2.45, 2.75) is 25.8 Å². The number of rotatable bonds is 4. The van der Waals surface area contributed by atoms with Gasteiger partial charge in [-0.25, -0.2) is 4.79 Å². The molecule has 2 aromatic rings. The Morgan fingerprint density at radius 2 is 1.70 bits per heavy atom. The van der Waals surface area contributed by atoms with E-state index in [1.807, 2.05) is 18.2 Å². The number of ether oxygens (including phenoxy) is 2. The van der Waals surface area contributed by atoms with E-state index in [2.05, 4.69) is 23.9 Å². The third kappa shape index (κ3) is 4.03. The molecular weight excluding hydrogens is 342 g/mol. The van der Waals surface area contributed by atoms with Crippen LogP contribution in [0.5, 0.6) is 5.75 Å². The molecule has 1 N–H and O–H groups in total. The molecule has 0 unspecified atom stereocenters. The van der Waals surface area contributed by atoms with Crippen LogP contribution in [0.15, 0.2) is 48.5 Å². The van der Waals surface area contributed by atoms with E-state index in [9.17, 15) is 9.59 Å². The molecule has 0 aliphatic carbocycles. The lowest BCUT2D eigenvalue weighted by Gasteiger charge is -2.35. The summed E-state index contributed by atoms with van der Waals surface area (Å²) in [6, 6.07) is 12.4. The lowest BCUT2D eigenvalue weighted by atomic mass is 9.85. The summed E-state index contributed by atoms with van der Waals surface area (Å²) < 4.78 is 10.0. The van der Waals surface area contributed by atoms with E-state index in [0.717, 1.165) is 23.4 Å². The highest BCUT2D eigenvalue weighted by Crippen LogP contribution is 2.32. The lowest BCUT2D eigenvalue weighted by Crippen LogP contribution is -2.43. The first-order valence-corrected chi connectivity index (χ1v) is 8.73. The fourth-order valence-electron chi connectivity index (χ4n) is 3.26. The first-order chi connectivity index (χ1) is 12.8. The summed E-state index contributed by atoms with van der Waals surface area (Å²) >= 11 is 0. The molecule has 0 bridgehead atoms. The first-order valence-electron chi connectivity index (χ1n) is 8.73. The van der Waals surface area contributed by atoms with Gasteiger partial charge in [0.05, 0.1) is 19.8 Å². The second-order valence-electron chi connectivity index (χ2n) is 7.20. The summed E-state index contributed by atoms with van der Waals surface area (Å²) in [4.78, 5) is 24.3. The van der Waals surface area contributed by atoms with Crippen LogP contribution in [0.4, 0.5) is 0 Å². The molecule has 0 spiro atoms. The van der Waals surface area contributed by atoms with Crippen molar-refractivity contribution in [3.8, 4) is 5.75 Å². The largest absolute Gasteiger partial charge is 0.497 e. The van der Waals surface area contributed by atoms with Gasteiger partial charge in [-0.1, -0.05) is 18.2 Å². The summed E-state index contributed by atoms with van der Waals surface area (Å²) in [5.41, 5.74) is 3.65. The van der Waals surface area contributed by atoms with Crippen LogP contribution in [0.25, 0.3) is 5.70 Å². The summed E-state index contributed by atoms with van der Waals surface area (Å²) in [6.45, 7) is 4.20. The van der Waals surface area contributed by atoms with Crippen molar-refractivity contribution in [2.75, 3.05) is 14.2 Å². The van der Waals surface area contributed by atoms with Gasteiger partial charge in [0.25, 0.3) is 0 Å². The summed E-state index contributed by atoms with van der Waals surface area (Å²) in [7, 11) is 2.95. The SMILES string of the molecule is COC(=O)c1ccc(C(=O)/C=C2\NC(C)(C)Cc3ccc(OC)cc32)cc1. The number of ketones is 1. The molecule has 3 rings (SSSR count). The van der Waals surface area contributed by atoms with Crippen LogP contribution in [0, 0.1) is 0 Å². The Kier molecular flexibility index (Phi) is 5.04. The topological polar surface area (TPSA) is 64.6 Å². The highest BCUT2D eigenvalue weighted by Gasteiger charge is 2.28. The van der Waals surface area contributed by atoms with Crippen LogP contribution in [-0.4, -0.2) is 31.5 Å². The van der Waals surface area contributed by atoms with E-state index in [1.54, 1.807) is 37.5 Å². The predicted octanol–water partition coefficient (Wildman–Crippen LogP) is 3.63.